The van der Waals surface area contributed by atoms with Crippen molar-refractivity contribution < 1.29 is 0 Å². The Hall–Kier alpha value is -1.54. The summed E-state index contributed by atoms with van der Waals surface area (Å²) in [7, 11) is 0. The van der Waals surface area contributed by atoms with Crippen LogP contribution in [0.5, 0.6) is 0 Å². The van der Waals surface area contributed by atoms with Crippen molar-refractivity contribution in [2.24, 2.45) is 10.7 Å². The maximum absolute atomic E-state index is 8.25. The van der Waals surface area contributed by atoms with Gasteiger partial charge in [-0.05, 0) is 28.1 Å². The Bertz CT molecular complexity index is 367. The average molecular weight is 239 g/mol. The molecule has 1 rings (SSSR count). The molecule has 0 fully saturated rings. The van der Waals surface area contributed by atoms with Gasteiger partial charge in [0.2, 0.25) is 5.96 Å². The number of hydrogen-bond acceptors (Lipinski definition) is 2. The molecule has 0 aliphatic carbocycles. The minimum atomic E-state index is 0.0781. The molecule has 0 bridgehead atoms. The molecule has 0 unspecified atom stereocenters. The predicted molar refractivity (Wildman–Crippen MR) is 54.2 cm³/mol. The van der Waals surface area contributed by atoms with Crippen LogP contribution in [0.25, 0.3) is 0 Å². The molecule has 13 heavy (non-hydrogen) atoms. The first-order valence-corrected chi connectivity index (χ1v) is 4.27. The Morgan fingerprint density at radius 1 is 1.54 bits per heavy atom. The summed E-state index contributed by atoms with van der Waals surface area (Å²) in [5, 5.41) is 10.5. The lowest BCUT2D eigenvalue weighted by atomic mass is 10.3. The summed E-state index contributed by atoms with van der Waals surface area (Å²) in [6.07, 6.45) is 1.69. The van der Waals surface area contributed by atoms with Crippen molar-refractivity contribution in [3.63, 3.8) is 0 Å². The summed E-state index contributed by atoms with van der Waals surface area (Å²) < 4.78 is 0.831. The first-order chi connectivity index (χ1) is 6.24. The molecule has 66 valence electrons. The minimum absolute atomic E-state index is 0.0781. The van der Waals surface area contributed by atoms with Gasteiger partial charge in [-0.15, -0.1) is 0 Å². The molecule has 0 saturated heterocycles. The van der Waals surface area contributed by atoms with Gasteiger partial charge in [-0.2, -0.15) is 5.26 Å². The van der Waals surface area contributed by atoms with E-state index in [1.165, 1.54) is 0 Å². The molecule has 0 aliphatic rings. The van der Waals surface area contributed by atoms with Gasteiger partial charge in [0.1, 0.15) is 0 Å². The zero-order valence-corrected chi connectivity index (χ0v) is 8.25. The fourth-order valence-electron chi connectivity index (χ4n) is 0.757. The van der Waals surface area contributed by atoms with E-state index < -0.39 is 0 Å². The molecule has 1 aromatic rings. The summed E-state index contributed by atoms with van der Waals surface area (Å²) in [4.78, 5) is 3.96. The minimum Gasteiger partial charge on any atom is -0.369 e. The largest absolute Gasteiger partial charge is 0.369 e. The first kappa shape index (κ1) is 9.55. The number of hydrogen-bond donors (Lipinski definition) is 2. The smallest absolute Gasteiger partial charge is 0.207 e. The number of aliphatic imine (C=N–C) groups is 1. The first-order valence-electron chi connectivity index (χ1n) is 3.48. The Kier molecular flexibility index (Phi) is 3.29. The third kappa shape index (κ3) is 2.76. The monoisotopic (exact) mass is 238 g/mol. The molecule has 0 spiro atoms. The third-order valence-electron chi connectivity index (χ3n) is 1.28. The maximum Gasteiger partial charge on any atom is 0.207 e. The van der Waals surface area contributed by atoms with Crippen LogP contribution in [0.4, 0.5) is 5.69 Å². The molecule has 1 aromatic carbocycles. The molecule has 0 saturated carbocycles. The zero-order chi connectivity index (χ0) is 9.68. The zero-order valence-electron chi connectivity index (χ0n) is 6.66. The molecule has 0 aliphatic heterocycles. The van der Waals surface area contributed by atoms with Crippen LogP contribution < -0.4 is 11.1 Å². The Morgan fingerprint density at radius 2 is 2.23 bits per heavy atom. The van der Waals surface area contributed by atoms with Crippen LogP contribution in [0, 0.1) is 11.5 Å². The van der Waals surface area contributed by atoms with Crippen LogP contribution in [0.15, 0.2) is 33.7 Å². The van der Waals surface area contributed by atoms with Crippen molar-refractivity contribution in [1.29, 1.82) is 5.26 Å². The number of nitrogens with two attached hydrogens (primary N) is 1. The number of halogens is 1. The number of benzene rings is 1. The van der Waals surface area contributed by atoms with E-state index in [0.29, 0.717) is 5.69 Å². The lowest BCUT2D eigenvalue weighted by molar-refractivity contribution is 1.21. The second-order valence-electron chi connectivity index (χ2n) is 2.19. The van der Waals surface area contributed by atoms with E-state index in [-0.39, 0.29) is 5.96 Å². The van der Waals surface area contributed by atoms with Gasteiger partial charge in [0.05, 0.1) is 5.69 Å². The highest BCUT2D eigenvalue weighted by atomic mass is 79.9. The molecule has 3 N–H and O–H groups in total. The van der Waals surface area contributed by atoms with Crippen molar-refractivity contribution in [2.45, 2.75) is 0 Å². The summed E-state index contributed by atoms with van der Waals surface area (Å²) in [5.74, 6) is 0.0781. The van der Waals surface area contributed by atoms with Crippen LogP contribution in [-0.4, -0.2) is 5.96 Å². The van der Waals surface area contributed by atoms with Gasteiger partial charge in [0, 0.05) is 4.47 Å². The van der Waals surface area contributed by atoms with Crippen LogP contribution in [-0.2, 0) is 0 Å². The number of rotatable bonds is 1. The highest BCUT2D eigenvalue weighted by Crippen LogP contribution is 2.23. The quantitative estimate of drug-likeness (QED) is 0.337. The van der Waals surface area contributed by atoms with Crippen molar-refractivity contribution in [3.05, 3.63) is 28.7 Å². The van der Waals surface area contributed by atoms with E-state index >= 15 is 0 Å². The van der Waals surface area contributed by atoms with Crippen molar-refractivity contribution >= 4 is 27.6 Å². The predicted octanol–water partition coefficient (Wildman–Crippen LogP) is 1.47. The second-order valence-corrected chi connectivity index (χ2v) is 3.04. The van der Waals surface area contributed by atoms with E-state index in [1.807, 2.05) is 18.2 Å². The Morgan fingerprint density at radius 3 is 2.85 bits per heavy atom. The van der Waals surface area contributed by atoms with E-state index in [9.17, 15) is 0 Å². The Labute approximate surface area is 84.2 Å². The second kappa shape index (κ2) is 4.48. The number of para-hydroxylation sites is 1. The summed E-state index contributed by atoms with van der Waals surface area (Å²) >= 11 is 3.30. The average Bonchev–Trinajstić information content (AvgIpc) is 2.09. The SMILES string of the molecule is N#CNC(N)=Nc1ccccc1Br. The van der Waals surface area contributed by atoms with Crippen LogP contribution >= 0.6 is 15.9 Å². The summed E-state index contributed by atoms with van der Waals surface area (Å²) in [5.41, 5.74) is 6.06. The van der Waals surface area contributed by atoms with Gasteiger partial charge in [-0.1, -0.05) is 12.1 Å². The number of guanidine groups is 1. The maximum atomic E-state index is 8.25. The van der Waals surface area contributed by atoms with Crippen LogP contribution in [0.3, 0.4) is 0 Å². The van der Waals surface area contributed by atoms with Crippen molar-refractivity contribution in [2.75, 3.05) is 0 Å². The van der Waals surface area contributed by atoms with Gasteiger partial charge in [0.15, 0.2) is 6.19 Å². The van der Waals surface area contributed by atoms with Gasteiger partial charge in [-0.25, -0.2) is 4.99 Å². The lowest BCUT2D eigenvalue weighted by Gasteiger charge is -1.98. The molecular formula is C8H7BrN4. The van der Waals surface area contributed by atoms with Gasteiger partial charge >= 0.3 is 0 Å². The highest BCUT2D eigenvalue weighted by molar-refractivity contribution is 9.10. The Balaban J connectivity index is 2.92. The molecule has 0 atom stereocenters. The normalized spacial score (nSPS) is 10.6. The summed E-state index contributed by atoms with van der Waals surface area (Å²) in [6, 6.07) is 7.34. The van der Waals surface area contributed by atoms with E-state index in [4.69, 9.17) is 11.0 Å². The molecule has 0 radical (unpaired) electrons. The van der Waals surface area contributed by atoms with E-state index in [2.05, 4.69) is 26.2 Å². The molecular weight excluding hydrogens is 232 g/mol. The number of nitrogens with zero attached hydrogens (tertiary/aromatic N) is 2. The topological polar surface area (TPSA) is 74.2 Å². The van der Waals surface area contributed by atoms with E-state index in [1.54, 1.807) is 12.3 Å². The van der Waals surface area contributed by atoms with Gasteiger partial charge in [0.25, 0.3) is 0 Å². The molecule has 0 aromatic heterocycles. The highest BCUT2D eigenvalue weighted by Gasteiger charge is 1.96. The van der Waals surface area contributed by atoms with Crippen molar-refractivity contribution in [3.8, 4) is 6.19 Å². The fraction of sp³-hybridized carbons (Fsp3) is 0. The number of nitrogens with one attached hydrogen (secondary N) is 1. The van der Waals surface area contributed by atoms with Gasteiger partial charge in [-0.3, -0.25) is 5.32 Å². The van der Waals surface area contributed by atoms with Crippen LogP contribution in [0.2, 0.25) is 0 Å². The van der Waals surface area contributed by atoms with Crippen molar-refractivity contribution in [1.82, 2.24) is 5.32 Å². The molecule has 0 amide bonds. The van der Waals surface area contributed by atoms with E-state index in [0.717, 1.165) is 4.47 Å². The molecule has 0 heterocycles. The number of nitriles is 1. The van der Waals surface area contributed by atoms with Crippen LogP contribution in [0.1, 0.15) is 0 Å². The third-order valence-corrected chi connectivity index (χ3v) is 1.95. The standard InChI is InChI=1S/C8H7BrN4/c9-6-3-1-2-4-7(6)13-8(11)12-5-10/h1-4H,(H3,11,12,13). The summed E-state index contributed by atoms with van der Waals surface area (Å²) in [6.45, 7) is 0. The fourth-order valence-corrected chi connectivity index (χ4v) is 1.13. The lowest BCUT2D eigenvalue weighted by Crippen LogP contribution is -2.26. The van der Waals surface area contributed by atoms with Gasteiger partial charge < -0.3 is 5.73 Å². The molecule has 4 nitrogen and oxygen atoms in total. The molecule has 5 heteroatoms.